The molecule has 1 aromatic heterocycles. The minimum absolute atomic E-state index is 0.169. The molecule has 118 valence electrons. The SMILES string of the molecule is CCCn1cncc1CNC1CC1NC(=O)OC(C)(C)C. The molecule has 2 N–H and O–H groups in total. The summed E-state index contributed by atoms with van der Waals surface area (Å²) >= 11 is 0. The highest BCUT2D eigenvalue weighted by Crippen LogP contribution is 2.22. The molecule has 2 rings (SSSR count). The lowest BCUT2D eigenvalue weighted by Gasteiger charge is -2.19. The first-order chi connectivity index (χ1) is 9.89. The third-order valence-electron chi connectivity index (χ3n) is 3.30. The van der Waals surface area contributed by atoms with Crippen LogP contribution in [0.4, 0.5) is 4.79 Å². The van der Waals surface area contributed by atoms with Crippen molar-refractivity contribution >= 4 is 6.09 Å². The topological polar surface area (TPSA) is 68.2 Å². The van der Waals surface area contributed by atoms with E-state index in [2.05, 4.69) is 27.1 Å². The molecule has 1 amide bonds. The largest absolute Gasteiger partial charge is 0.444 e. The average Bonchev–Trinajstić information content (AvgIpc) is 2.92. The number of imidazole rings is 1. The molecule has 0 aromatic carbocycles. The molecule has 6 nitrogen and oxygen atoms in total. The molecule has 0 radical (unpaired) electrons. The molecule has 0 aliphatic heterocycles. The van der Waals surface area contributed by atoms with Gasteiger partial charge in [-0.25, -0.2) is 9.78 Å². The van der Waals surface area contributed by atoms with E-state index < -0.39 is 5.60 Å². The van der Waals surface area contributed by atoms with Gasteiger partial charge in [0.2, 0.25) is 0 Å². The maximum absolute atomic E-state index is 11.7. The van der Waals surface area contributed by atoms with Crippen molar-refractivity contribution in [2.24, 2.45) is 0 Å². The summed E-state index contributed by atoms with van der Waals surface area (Å²) in [5, 5.41) is 6.33. The molecule has 1 saturated carbocycles. The van der Waals surface area contributed by atoms with Crippen LogP contribution in [0.15, 0.2) is 12.5 Å². The molecule has 1 aromatic rings. The third-order valence-corrected chi connectivity index (χ3v) is 3.30. The van der Waals surface area contributed by atoms with Crippen LogP contribution in [0, 0.1) is 0 Å². The van der Waals surface area contributed by atoms with Gasteiger partial charge in [-0.15, -0.1) is 0 Å². The Bertz CT molecular complexity index is 478. The standard InChI is InChI=1S/C15H26N4O2/c1-5-6-19-10-16-8-11(19)9-17-12-7-13(12)18-14(20)21-15(2,3)4/h8,10,12-13,17H,5-7,9H2,1-4H3,(H,18,20). The highest BCUT2D eigenvalue weighted by molar-refractivity contribution is 5.68. The Balaban J connectivity index is 1.70. The molecule has 1 aliphatic carbocycles. The molecule has 0 spiro atoms. The lowest BCUT2D eigenvalue weighted by atomic mass is 10.2. The van der Waals surface area contributed by atoms with E-state index in [1.807, 2.05) is 33.3 Å². The Morgan fingerprint density at radius 1 is 1.48 bits per heavy atom. The minimum Gasteiger partial charge on any atom is -0.444 e. The fourth-order valence-electron chi connectivity index (χ4n) is 2.21. The van der Waals surface area contributed by atoms with Crippen LogP contribution < -0.4 is 10.6 Å². The highest BCUT2D eigenvalue weighted by Gasteiger charge is 2.38. The zero-order valence-corrected chi connectivity index (χ0v) is 13.3. The van der Waals surface area contributed by atoms with Crippen molar-refractivity contribution < 1.29 is 9.53 Å². The van der Waals surface area contributed by atoms with E-state index >= 15 is 0 Å². The van der Waals surface area contributed by atoms with Gasteiger partial charge in [-0.1, -0.05) is 6.92 Å². The van der Waals surface area contributed by atoms with Crippen molar-refractivity contribution in [1.29, 1.82) is 0 Å². The number of nitrogens with zero attached hydrogens (tertiary/aromatic N) is 2. The molecule has 1 aliphatic rings. The monoisotopic (exact) mass is 294 g/mol. The van der Waals surface area contributed by atoms with Crippen molar-refractivity contribution in [2.75, 3.05) is 0 Å². The predicted molar refractivity (Wildman–Crippen MR) is 80.9 cm³/mol. The van der Waals surface area contributed by atoms with Crippen LogP contribution in [0.25, 0.3) is 0 Å². The fourth-order valence-corrected chi connectivity index (χ4v) is 2.21. The summed E-state index contributed by atoms with van der Waals surface area (Å²) in [4.78, 5) is 15.8. The Morgan fingerprint density at radius 3 is 2.90 bits per heavy atom. The first-order valence-electron chi connectivity index (χ1n) is 7.61. The summed E-state index contributed by atoms with van der Waals surface area (Å²) in [6.07, 6.45) is 5.45. The van der Waals surface area contributed by atoms with Crippen LogP contribution in [0.5, 0.6) is 0 Å². The number of nitrogens with one attached hydrogen (secondary N) is 2. The maximum Gasteiger partial charge on any atom is 0.407 e. The van der Waals surface area contributed by atoms with Crippen LogP contribution in [-0.2, 0) is 17.8 Å². The first-order valence-corrected chi connectivity index (χ1v) is 7.61. The average molecular weight is 294 g/mol. The van der Waals surface area contributed by atoms with Gasteiger partial charge in [0, 0.05) is 31.4 Å². The fraction of sp³-hybridized carbons (Fsp3) is 0.733. The summed E-state index contributed by atoms with van der Waals surface area (Å²) in [6.45, 7) is 9.51. The number of aromatic nitrogens is 2. The number of hydrogen-bond acceptors (Lipinski definition) is 4. The van der Waals surface area contributed by atoms with Gasteiger partial charge in [0.15, 0.2) is 0 Å². The molecule has 2 unspecified atom stereocenters. The second-order valence-electron chi connectivity index (χ2n) is 6.55. The van der Waals surface area contributed by atoms with Gasteiger partial charge in [-0.05, 0) is 33.6 Å². The van der Waals surface area contributed by atoms with E-state index in [0.717, 1.165) is 25.9 Å². The summed E-state index contributed by atoms with van der Waals surface area (Å²) in [5.41, 5.74) is 0.730. The van der Waals surface area contributed by atoms with Crippen molar-refractivity contribution in [3.05, 3.63) is 18.2 Å². The van der Waals surface area contributed by atoms with E-state index in [4.69, 9.17) is 4.74 Å². The Kier molecular flexibility index (Phi) is 4.88. The molecular weight excluding hydrogens is 268 g/mol. The summed E-state index contributed by atoms with van der Waals surface area (Å²) in [7, 11) is 0. The van der Waals surface area contributed by atoms with Crippen molar-refractivity contribution in [3.63, 3.8) is 0 Å². The second kappa shape index (κ2) is 6.47. The van der Waals surface area contributed by atoms with E-state index in [9.17, 15) is 4.79 Å². The lowest BCUT2D eigenvalue weighted by molar-refractivity contribution is 0.0522. The maximum atomic E-state index is 11.7. The van der Waals surface area contributed by atoms with Crippen molar-refractivity contribution in [3.8, 4) is 0 Å². The van der Waals surface area contributed by atoms with Gasteiger partial charge >= 0.3 is 6.09 Å². The quantitative estimate of drug-likeness (QED) is 0.842. The second-order valence-corrected chi connectivity index (χ2v) is 6.55. The van der Waals surface area contributed by atoms with Gasteiger partial charge < -0.3 is 19.9 Å². The van der Waals surface area contributed by atoms with Gasteiger partial charge in [0.05, 0.1) is 12.0 Å². The molecule has 0 bridgehead atoms. The number of hydrogen-bond donors (Lipinski definition) is 2. The van der Waals surface area contributed by atoms with E-state index in [1.165, 1.54) is 5.69 Å². The van der Waals surface area contributed by atoms with Gasteiger partial charge in [-0.3, -0.25) is 0 Å². The number of amides is 1. The Labute approximate surface area is 126 Å². The summed E-state index contributed by atoms with van der Waals surface area (Å²) in [5.74, 6) is 0. The highest BCUT2D eigenvalue weighted by atomic mass is 16.6. The van der Waals surface area contributed by atoms with Crippen LogP contribution in [0.2, 0.25) is 0 Å². The Morgan fingerprint density at radius 2 is 2.24 bits per heavy atom. The van der Waals surface area contributed by atoms with Gasteiger partial charge in [0.1, 0.15) is 5.60 Å². The van der Waals surface area contributed by atoms with Gasteiger partial charge in [-0.2, -0.15) is 0 Å². The van der Waals surface area contributed by atoms with Crippen LogP contribution in [-0.4, -0.2) is 33.3 Å². The number of alkyl carbamates (subject to hydrolysis) is 1. The number of rotatable bonds is 6. The number of aryl methyl sites for hydroxylation is 1. The number of carbonyl (C=O) groups excluding carboxylic acids is 1. The molecule has 2 atom stereocenters. The lowest BCUT2D eigenvalue weighted by Crippen LogP contribution is -2.36. The van der Waals surface area contributed by atoms with Crippen LogP contribution >= 0.6 is 0 Å². The molecule has 21 heavy (non-hydrogen) atoms. The summed E-state index contributed by atoms with van der Waals surface area (Å²) in [6, 6.07) is 0.491. The summed E-state index contributed by atoms with van der Waals surface area (Å²) < 4.78 is 7.40. The number of carbonyl (C=O) groups is 1. The van der Waals surface area contributed by atoms with E-state index in [-0.39, 0.29) is 12.1 Å². The third kappa shape index (κ3) is 5.04. The van der Waals surface area contributed by atoms with Crippen LogP contribution in [0.3, 0.4) is 0 Å². The Hall–Kier alpha value is -1.56. The molecular formula is C15H26N4O2. The zero-order chi connectivity index (χ0) is 15.5. The molecule has 1 fully saturated rings. The van der Waals surface area contributed by atoms with E-state index in [1.54, 1.807) is 0 Å². The van der Waals surface area contributed by atoms with Gasteiger partial charge in [0.25, 0.3) is 0 Å². The molecule has 6 heteroatoms. The smallest absolute Gasteiger partial charge is 0.407 e. The van der Waals surface area contributed by atoms with Crippen molar-refractivity contribution in [2.45, 2.75) is 71.3 Å². The molecule has 1 heterocycles. The first kappa shape index (κ1) is 15.8. The minimum atomic E-state index is -0.450. The van der Waals surface area contributed by atoms with Crippen molar-refractivity contribution in [1.82, 2.24) is 20.2 Å². The van der Waals surface area contributed by atoms with E-state index in [0.29, 0.717) is 6.04 Å². The predicted octanol–water partition coefficient (Wildman–Crippen LogP) is 2.05. The zero-order valence-electron chi connectivity index (χ0n) is 13.3. The molecule has 0 saturated heterocycles. The van der Waals surface area contributed by atoms with Crippen LogP contribution in [0.1, 0.15) is 46.2 Å². The normalized spacial score (nSPS) is 21.1. The number of ether oxygens (including phenoxy) is 1.